The normalized spacial score (nSPS) is 27.8. The van der Waals surface area contributed by atoms with E-state index in [9.17, 15) is 24.3 Å². The molecule has 4 heterocycles. The summed E-state index contributed by atoms with van der Waals surface area (Å²) in [6, 6.07) is 6.68. The molecule has 0 unspecified atom stereocenters. The van der Waals surface area contributed by atoms with Gasteiger partial charge in [-0.05, 0) is 140 Å². The van der Waals surface area contributed by atoms with Crippen molar-refractivity contribution in [3.8, 4) is 0 Å². The number of rotatable bonds is 5. The van der Waals surface area contributed by atoms with Gasteiger partial charge < -0.3 is 39.4 Å². The monoisotopic (exact) mass is 942 g/mol. The minimum Gasteiger partial charge on any atom is -0.509 e. The van der Waals surface area contributed by atoms with Crippen molar-refractivity contribution in [3.05, 3.63) is 78.1 Å². The Morgan fingerprint density at radius 1 is 0.672 bits per heavy atom. The lowest BCUT2D eigenvalue weighted by Gasteiger charge is -2.42. The van der Waals surface area contributed by atoms with E-state index in [2.05, 4.69) is 15.4 Å². The fourth-order valence-corrected chi connectivity index (χ4v) is 11.1. The Balaban J connectivity index is 0.000000182. The molecule has 6 aliphatic rings. The summed E-state index contributed by atoms with van der Waals surface area (Å²) in [5, 5.41) is 18.8. The zero-order valence-electron chi connectivity index (χ0n) is 34.6. The van der Waals surface area contributed by atoms with E-state index in [1.54, 1.807) is 38.1 Å². The van der Waals surface area contributed by atoms with Crippen LogP contribution in [0.15, 0.2) is 35.8 Å². The molecule has 2 aromatic carbocycles. The minimum absolute atomic E-state index is 0.0627. The van der Waals surface area contributed by atoms with Crippen molar-refractivity contribution in [2.75, 3.05) is 26.4 Å². The number of hydrogen-bond donors (Lipinski definition) is 3. The summed E-state index contributed by atoms with van der Waals surface area (Å²) in [4.78, 5) is 47.8. The fourth-order valence-electron chi connectivity index (χ4n) is 9.63. The molecule has 17 heteroatoms. The van der Waals surface area contributed by atoms with Crippen LogP contribution in [0, 0.1) is 13.8 Å². The Bertz CT molecular complexity index is 2060. The van der Waals surface area contributed by atoms with Crippen LogP contribution in [0.25, 0.3) is 11.1 Å². The van der Waals surface area contributed by atoms with Crippen LogP contribution in [0.5, 0.6) is 0 Å². The quantitative estimate of drug-likeness (QED) is 0.195. The first-order valence-corrected chi connectivity index (χ1v) is 22.5. The third kappa shape index (κ3) is 9.96. The average Bonchev–Trinajstić information content (AvgIpc) is 3.95. The van der Waals surface area contributed by atoms with Gasteiger partial charge in [-0.2, -0.15) is 0 Å². The van der Waals surface area contributed by atoms with Crippen LogP contribution in [0.3, 0.4) is 0 Å². The lowest BCUT2D eigenvalue weighted by Crippen LogP contribution is -2.51. The number of aryl methyl sites for hydroxylation is 2. The maximum Gasteiger partial charge on any atom is 0.513 e. The molecule has 0 bridgehead atoms. The first-order valence-electron chi connectivity index (χ1n) is 20.6. The van der Waals surface area contributed by atoms with Crippen LogP contribution in [-0.2, 0) is 33.3 Å². The van der Waals surface area contributed by atoms with Crippen molar-refractivity contribution < 1.29 is 48.0 Å². The molecule has 0 aromatic heterocycles. The highest BCUT2D eigenvalue weighted by Crippen LogP contribution is 2.51. The summed E-state index contributed by atoms with van der Waals surface area (Å²) in [6.45, 7) is 9.16. The van der Waals surface area contributed by atoms with Crippen molar-refractivity contribution in [2.24, 2.45) is 0 Å². The predicted octanol–water partition coefficient (Wildman–Crippen LogP) is 11.1. The molecule has 61 heavy (non-hydrogen) atoms. The second-order valence-corrected chi connectivity index (χ2v) is 18.4. The van der Waals surface area contributed by atoms with Crippen molar-refractivity contribution in [1.82, 2.24) is 10.6 Å². The maximum atomic E-state index is 13.2. The molecule has 4 aliphatic heterocycles. The van der Waals surface area contributed by atoms with E-state index >= 15 is 0 Å². The van der Waals surface area contributed by atoms with Crippen LogP contribution in [0.4, 0.5) is 9.59 Å². The van der Waals surface area contributed by atoms with E-state index in [1.807, 2.05) is 13.8 Å². The van der Waals surface area contributed by atoms with Gasteiger partial charge in [0.2, 0.25) is 0 Å². The molecule has 3 N–H and O–H groups in total. The molecular formula is C44H51Cl5N2O10. The number of nitrogens with one attached hydrogen (secondary N) is 2. The molecule has 2 saturated heterocycles. The zero-order valence-corrected chi connectivity index (χ0v) is 38.4. The molecule has 2 aliphatic carbocycles. The number of benzene rings is 2. The van der Waals surface area contributed by atoms with Gasteiger partial charge in [0, 0.05) is 46.0 Å². The van der Waals surface area contributed by atoms with Gasteiger partial charge in [0.25, 0.3) is 11.8 Å². The third-order valence-corrected chi connectivity index (χ3v) is 13.8. The highest BCUT2D eigenvalue weighted by Gasteiger charge is 2.55. The van der Waals surface area contributed by atoms with Gasteiger partial charge in [-0.15, -0.1) is 0 Å². The van der Waals surface area contributed by atoms with E-state index < -0.39 is 22.7 Å². The van der Waals surface area contributed by atoms with Crippen LogP contribution in [0.2, 0.25) is 20.1 Å². The largest absolute Gasteiger partial charge is 0.513 e. The molecule has 2 saturated carbocycles. The van der Waals surface area contributed by atoms with Gasteiger partial charge in [0.1, 0.15) is 5.76 Å². The molecule has 12 nitrogen and oxygen atoms in total. The molecule has 0 atom stereocenters. The Kier molecular flexibility index (Phi) is 14.9. The first kappa shape index (κ1) is 47.3. The number of hydrogen-bond acceptors (Lipinski definition) is 10. The number of aliphatic hydroxyl groups is 1. The number of halogens is 5. The van der Waals surface area contributed by atoms with Crippen LogP contribution >= 0.6 is 58.0 Å². The summed E-state index contributed by atoms with van der Waals surface area (Å²) in [7, 11) is 0. The third-order valence-electron chi connectivity index (χ3n) is 12.6. The SMILES string of the molecule is CCOC(=O)Cl.CCOC(=O)OC1=C(c2c(C)cc(Cl)cc2Cl)C(=O)NC12CCC1(CCCO1)CC2.Cc1cc(Cl)cc(Cl)c1C1=C(O)C2(CCC3(CCCO3)CC2)NC1=O. The number of carbonyl (C=O) groups is 4. The molecule has 0 radical (unpaired) electrons. The number of carbonyl (C=O) groups excluding carboxylic acids is 4. The van der Waals surface area contributed by atoms with E-state index in [1.165, 1.54) is 0 Å². The van der Waals surface area contributed by atoms with Crippen LogP contribution in [0.1, 0.15) is 113 Å². The van der Waals surface area contributed by atoms with Gasteiger partial charge in [-0.25, -0.2) is 9.59 Å². The van der Waals surface area contributed by atoms with Crippen LogP contribution < -0.4 is 10.6 Å². The van der Waals surface area contributed by atoms with E-state index in [4.69, 9.17) is 77.0 Å². The van der Waals surface area contributed by atoms with Gasteiger partial charge in [0.05, 0.1) is 56.7 Å². The molecule has 4 spiro atoms. The Morgan fingerprint density at radius 2 is 1.11 bits per heavy atom. The van der Waals surface area contributed by atoms with Gasteiger partial charge in [-0.3, -0.25) is 9.59 Å². The Labute approximate surface area is 380 Å². The highest BCUT2D eigenvalue weighted by molar-refractivity contribution is 6.61. The molecular weight excluding hydrogens is 894 g/mol. The summed E-state index contributed by atoms with van der Waals surface area (Å²) < 4.78 is 26.9. The van der Waals surface area contributed by atoms with Crippen molar-refractivity contribution in [2.45, 2.75) is 127 Å². The zero-order chi connectivity index (χ0) is 44.3. The summed E-state index contributed by atoms with van der Waals surface area (Å²) in [5.41, 5.74) is 0.718. The fraction of sp³-hybridized carbons (Fsp3) is 0.545. The minimum atomic E-state index is -0.832. The van der Waals surface area contributed by atoms with Crippen LogP contribution in [-0.4, -0.2) is 77.2 Å². The lowest BCUT2D eigenvalue weighted by atomic mass is 9.72. The molecule has 332 valence electrons. The van der Waals surface area contributed by atoms with Crippen molar-refractivity contribution in [3.63, 3.8) is 0 Å². The number of amides is 2. The molecule has 2 aromatic rings. The van der Waals surface area contributed by atoms with E-state index in [0.29, 0.717) is 63.5 Å². The molecule has 8 rings (SSSR count). The second kappa shape index (κ2) is 19.3. The van der Waals surface area contributed by atoms with Crippen molar-refractivity contribution in [1.29, 1.82) is 0 Å². The summed E-state index contributed by atoms with van der Waals surface area (Å²) in [5.74, 6) is -0.193. The Morgan fingerprint density at radius 3 is 1.52 bits per heavy atom. The highest BCUT2D eigenvalue weighted by atomic mass is 35.5. The maximum absolute atomic E-state index is 13.2. The lowest BCUT2D eigenvalue weighted by molar-refractivity contribution is -0.118. The van der Waals surface area contributed by atoms with E-state index in [0.717, 1.165) is 75.7 Å². The topological polar surface area (TPSA) is 159 Å². The average molecular weight is 945 g/mol. The number of aliphatic hydroxyl groups excluding tert-OH is 1. The van der Waals surface area contributed by atoms with E-state index in [-0.39, 0.29) is 52.3 Å². The Hall–Kier alpha value is -3.23. The summed E-state index contributed by atoms with van der Waals surface area (Å²) in [6.07, 6.45) is 9.22. The first-order chi connectivity index (χ1) is 28.9. The second-order valence-electron chi connectivity index (χ2n) is 16.4. The smallest absolute Gasteiger partial charge is 0.509 e. The van der Waals surface area contributed by atoms with Gasteiger partial charge >= 0.3 is 11.6 Å². The van der Waals surface area contributed by atoms with Gasteiger partial charge in [-0.1, -0.05) is 46.4 Å². The molecule has 2 amide bonds. The predicted molar refractivity (Wildman–Crippen MR) is 234 cm³/mol. The standard InChI is InChI=1S/C22H25Cl2NO5.C19H21Cl2NO3.C3H5ClO2/c1-3-28-20(27)30-18-17(16-13(2)11-14(23)12-15(16)24)19(26)25-22(18)8-6-21(7-9-22)5-4-10-29-21;1-11-9-12(20)10-13(21)14(11)15-16(23)19(22-17(15)24)6-4-18(5-7-19)3-2-8-25-18;1-2-6-3(4)5/h11-12H,3-10H2,1-2H3,(H,25,26);9-10,23H,2-8H2,1H3,(H,22,24);2H2,1H3. The summed E-state index contributed by atoms with van der Waals surface area (Å²) >= 11 is 29.7. The molecule has 4 fully saturated rings. The number of ether oxygens (including phenoxy) is 5. The van der Waals surface area contributed by atoms with Crippen molar-refractivity contribution >= 4 is 92.5 Å². The van der Waals surface area contributed by atoms with Gasteiger partial charge in [0.15, 0.2) is 5.76 Å².